The summed E-state index contributed by atoms with van der Waals surface area (Å²) in [5, 5.41) is 0. The molecule has 2 aliphatic carbocycles. The number of amides is 2. The van der Waals surface area contributed by atoms with E-state index in [4.69, 9.17) is 0 Å². The molecule has 2 aromatic rings. The van der Waals surface area contributed by atoms with Gasteiger partial charge < -0.3 is 0 Å². The van der Waals surface area contributed by atoms with Gasteiger partial charge in [-0.2, -0.15) is 13.2 Å². The van der Waals surface area contributed by atoms with Crippen molar-refractivity contribution in [1.82, 2.24) is 0 Å². The molecular formula is C22H12F3NO2. The molecular weight excluding hydrogens is 367 g/mol. The van der Waals surface area contributed by atoms with Gasteiger partial charge in [0.05, 0.1) is 22.4 Å². The van der Waals surface area contributed by atoms with Crippen LogP contribution < -0.4 is 4.90 Å². The van der Waals surface area contributed by atoms with E-state index in [0.717, 1.165) is 39.3 Å². The summed E-state index contributed by atoms with van der Waals surface area (Å²) in [5.74, 6) is -1.13. The number of nitrogens with zero attached hydrogens (tertiary/aromatic N) is 1. The van der Waals surface area contributed by atoms with Gasteiger partial charge >= 0.3 is 6.18 Å². The van der Waals surface area contributed by atoms with Crippen LogP contribution in [0.4, 0.5) is 18.9 Å². The van der Waals surface area contributed by atoms with E-state index < -0.39 is 23.6 Å². The van der Waals surface area contributed by atoms with Crippen molar-refractivity contribution in [1.29, 1.82) is 0 Å². The van der Waals surface area contributed by atoms with Gasteiger partial charge in [-0.3, -0.25) is 9.59 Å². The highest BCUT2D eigenvalue weighted by molar-refractivity contribution is 6.38. The van der Waals surface area contributed by atoms with Gasteiger partial charge in [0.15, 0.2) is 0 Å². The number of fused-ring (bicyclic) bond motifs is 4. The van der Waals surface area contributed by atoms with Crippen molar-refractivity contribution >= 4 is 23.1 Å². The normalized spacial score (nSPS) is 18.4. The van der Waals surface area contributed by atoms with Crippen molar-refractivity contribution in [2.75, 3.05) is 4.90 Å². The maximum Gasteiger partial charge on any atom is 0.416 e. The second-order valence-corrected chi connectivity index (χ2v) is 6.85. The second kappa shape index (κ2) is 5.55. The standard InChI is InChI=1S/C22H12F3NO2/c23-22(24,25)14-7-4-8-15(11-14)26-20(27)18-13-9-16(12-5-2-1-3-6-12)17(10-13)19(18)21(26)28/h1-9,11H,10H2. The van der Waals surface area contributed by atoms with Crippen molar-refractivity contribution in [3.8, 4) is 0 Å². The highest BCUT2D eigenvalue weighted by Gasteiger charge is 2.48. The number of benzene rings is 2. The third kappa shape index (κ3) is 2.24. The van der Waals surface area contributed by atoms with Crippen LogP contribution in [0, 0.1) is 0 Å². The lowest BCUT2D eigenvalue weighted by Crippen LogP contribution is -2.32. The second-order valence-electron chi connectivity index (χ2n) is 6.85. The van der Waals surface area contributed by atoms with Crippen LogP contribution >= 0.6 is 0 Å². The highest BCUT2D eigenvalue weighted by Crippen LogP contribution is 2.51. The van der Waals surface area contributed by atoms with Gasteiger partial charge in [0.1, 0.15) is 0 Å². The molecule has 2 aromatic carbocycles. The lowest BCUT2D eigenvalue weighted by molar-refractivity contribution is -0.137. The molecule has 1 aliphatic heterocycles. The molecule has 138 valence electrons. The predicted molar refractivity (Wildman–Crippen MR) is 97.0 cm³/mol. The van der Waals surface area contributed by atoms with E-state index in [0.29, 0.717) is 17.6 Å². The number of allylic oxidation sites excluding steroid dienone is 2. The number of hydrogen-bond acceptors (Lipinski definition) is 2. The van der Waals surface area contributed by atoms with E-state index in [-0.39, 0.29) is 5.69 Å². The monoisotopic (exact) mass is 379 g/mol. The lowest BCUT2D eigenvalue weighted by atomic mass is 9.95. The molecule has 0 fully saturated rings. The summed E-state index contributed by atoms with van der Waals surface area (Å²) in [4.78, 5) is 26.8. The zero-order valence-electron chi connectivity index (χ0n) is 14.4. The van der Waals surface area contributed by atoms with Crippen LogP contribution in [-0.4, -0.2) is 11.8 Å². The Labute approximate surface area is 158 Å². The van der Waals surface area contributed by atoms with Crippen LogP contribution in [0.2, 0.25) is 0 Å². The quantitative estimate of drug-likeness (QED) is 0.711. The van der Waals surface area contributed by atoms with Gasteiger partial charge in [-0.1, -0.05) is 36.4 Å². The largest absolute Gasteiger partial charge is 0.416 e. The number of imide groups is 1. The fourth-order valence-electron chi connectivity index (χ4n) is 4.02. The smallest absolute Gasteiger partial charge is 0.268 e. The van der Waals surface area contributed by atoms with Crippen molar-refractivity contribution in [3.05, 3.63) is 94.1 Å². The Morgan fingerprint density at radius 2 is 1.57 bits per heavy atom. The molecule has 1 heterocycles. The van der Waals surface area contributed by atoms with Gasteiger partial charge in [-0.05, 0) is 53.0 Å². The molecule has 0 saturated carbocycles. The Hall–Kier alpha value is -3.41. The third-order valence-corrected chi connectivity index (χ3v) is 5.23. The molecule has 6 heteroatoms. The first kappa shape index (κ1) is 16.7. The predicted octanol–water partition coefficient (Wildman–Crippen LogP) is 4.67. The molecule has 0 saturated heterocycles. The molecule has 0 N–H and O–H groups in total. The van der Waals surface area contributed by atoms with Gasteiger partial charge in [-0.15, -0.1) is 0 Å². The zero-order valence-corrected chi connectivity index (χ0v) is 14.4. The molecule has 3 nitrogen and oxygen atoms in total. The van der Waals surface area contributed by atoms with Crippen molar-refractivity contribution < 1.29 is 22.8 Å². The first-order valence-corrected chi connectivity index (χ1v) is 8.66. The number of anilines is 1. The zero-order chi connectivity index (χ0) is 19.6. The first-order chi connectivity index (χ1) is 13.4. The Bertz CT molecular complexity index is 1150. The minimum absolute atomic E-state index is 0.0684. The summed E-state index contributed by atoms with van der Waals surface area (Å²) in [6.45, 7) is 0. The van der Waals surface area contributed by atoms with Gasteiger partial charge in [0, 0.05) is 0 Å². The number of halogens is 3. The SMILES string of the molecule is O=C1C2=C(C(=O)N1c1cccc(C(F)(F)F)c1)C1=C(c3ccccc3)C=C2C1. The van der Waals surface area contributed by atoms with Gasteiger partial charge in [0.2, 0.25) is 0 Å². The maximum absolute atomic E-state index is 13.0. The molecule has 0 atom stereocenters. The van der Waals surface area contributed by atoms with Crippen molar-refractivity contribution in [2.24, 2.45) is 0 Å². The summed E-state index contributed by atoms with van der Waals surface area (Å²) >= 11 is 0. The van der Waals surface area contributed by atoms with Crippen LogP contribution in [0.25, 0.3) is 5.57 Å². The van der Waals surface area contributed by atoms with Crippen LogP contribution in [0.5, 0.6) is 0 Å². The topological polar surface area (TPSA) is 37.4 Å². The minimum atomic E-state index is -4.55. The van der Waals surface area contributed by atoms with Crippen LogP contribution in [0.1, 0.15) is 17.5 Å². The Kier molecular flexibility index (Phi) is 3.32. The molecule has 0 aromatic heterocycles. The molecule has 2 bridgehead atoms. The summed E-state index contributed by atoms with van der Waals surface area (Å²) in [5.41, 5.74) is 3.01. The number of carbonyl (C=O) groups is 2. The summed E-state index contributed by atoms with van der Waals surface area (Å²) in [6.07, 6.45) is -2.16. The molecule has 5 rings (SSSR count). The first-order valence-electron chi connectivity index (χ1n) is 8.66. The van der Waals surface area contributed by atoms with E-state index in [9.17, 15) is 22.8 Å². The van der Waals surface area contributed by atoms with E-state index in [1.807, 2.05) is 36.4 Å². The van der Waals surface area contributed by atoms with E-state index >= 15 is 0 Å². The van der Waals surface area contributed by atoms with Gasteiger partial charge in [-0.25, -0.2) is 4.90 Å². The Morgan fingerprint density at radius 3 is 2.29 bits per heavy atom. The maximum atomic E-state index is 13.0. The number of carbonyl (C=O) groups excluding carboxylic acids is 2. The van der Waals surface area contributed by atoms with Crippen LogP contribution in [0.3, 0.4) is 0 Å². The summed E-state index contributed by atoms with van der Waals surface area (Å²) in [7, 11) is 0. The lowest BCUT2D eigenvalue weighted by Gasteiger charge is -2.18. The van der Waals surface area contributed by atoms with E-state index in [1.54, 1.807) is 0 Å². The Morgan fingerprint density at radius 1 is 0.857 bits per heavy atom. The number of rotatable bonds is 2. The molecule has 2 amide bonds. The fraction of sp³-hybridized carbons (Fsp3) is 0.0909. The summed E-state index contributed by atoms with van der Waals surface area (Å²) in [6, 6.07) is 13.8. The van der Waals surface area contributed by atoms with Crippen molar-refractivity contribution in [3.63, 3.8) is 0 Å². The van der Waals surface area contributed by atoms with Crippen LogP contribution in [-0.2, 0) is 15.8 Å². The fourth-order valence-corrected chi connectivity index (χ4v) is 4.02. The third-order valence-electron chi connectivity index (χ3n) is 5.23. The minimum Gasteiger partial charge on any atom is -0.268 e. The number of alkyl halides is 3. The van der Waals surface area contributed by atoms with E-state index in [2.05, 4.69) is 0 Å². The average Bonchev–Trinajstić information content (AvgIpc) is 3.33. The van der Waals surface area contributed by atoms with Crippen LogP contribution in [0.15, 0.2) is 83.0 Å². The highest BCUT2D eigenvalue weighted by atomic mass is 19.4. The molecule has 0 unspecified atom stereocenters. The average molecular weight is 379 g/mol. The van der Waals surface area contributed by atoms with Crippen molar-refractivity contribution in [2.45, 2.75) is 12.6 Å². The molecule has 3 aliphatic rings. The Balaban J connectivity index is 1.58. The summed E-state index contributed by atoms with van der Waals surface area (Å²) < 4.78 is 39.1. The number of hydrogen-bond donors (Lipinski definition) is 0. The molecule has 28 heavy (non-hydrogen) atoms. The van der Waals surface area contributed by atoms with E-state index in [1.165, 1.54) is 12.1 Å². The molecule has 0 radical (unpaired) electrons. The molecule has 0 spiro atoms. The van der Waals surface area contributed by atoms with Gasteiger partial charge in [0.25, 0.3) is 11.8 Å².